The molecule has 2 heterocycles. The van der Waals surface area contributed by atoms with Crippen LogP contribution in [0, 0.1) is 5.92 Å². The quantitative estimate of drug-likeness (QED) is 0.177. The minimum atomic E-state index is 0.0511. The van der Waals surface area contributed by atoms with Crippen molar-refractivity contribution in [3.05, 3.63) is 174 Å². The average Bonchev–Trinajstić information content (AvgIpc) is 3.75. The van der Waals surface area contributed by atoms with Crippen molar-refractivity contribution in [1.29, 1.82) is 0 Å². The molecule has 3 heteroatoms. The van der Waals surface area contributed by atoms with Crippen molar-refractivity contribution in [1.82, 2.24) is 0 Å². The third-order valence-electron chi connectivity index (χ3n) is 10.7. The van der Waals surface area contributed by atoms with Gasteiger partial charge < -0.3 is 13.7 Å². The fourth-order valence-corrected chi connectivity index (χ4v) is 8.43. The molecule has 0 fully saturated rings. The first kappa shape index (κ1) is 28.2. The van der Waals surface area contributed by atoms with E-state index in [0.29, 0.717) is 5.92 Å². The van der Waals surface area contributed by atoms with Crippen molar-refractivity contribution in [3.8, 4) is 11.1 Å². The lowest BCUT2D eigenvalue weighted by molar-refractivity contribution is 0.480. The lowest BCUT2D eigenvalue weighted by Crippen LogP contribution is -2.29. The maximum absolute atomic E-state index is 6.81. The molecular weight excluding hydrogens is 599 g/mol. The van der Waals surface area contributed by atoms with Crippen LogP contribution in [0.25, 0.3) is 50.1 Å². The van der Waals surface area contributed by atoms with E-state index < -0.39 is 0 Å². The number of para-hydroxylation sites is 3. The molecule has 3 aliphatic carbocycles. The van der Waals surface area contributed by atoms with Gasteiger partial charge in [0.05, 0.1) is 5.69 Å². The molecule has 2 aromatic heterocycles. The monoisotopic (exact) mass is 633 g/mol. The molecule has 10 rings (SSSR count). The second-order valence-corrected chi connectivity index (χ2v) is 13.4. The molecule has 3 atom stereocenters. The van der Waals surface area contributed by atoms with E-state index in [1.54, 1.807) is 0 Å². The predicted octanol–water partition coefficient (Wildman–Crippen LogP) is 12.8. The molecule has 0 aliphatic heterocycles. The van der Waals surface area contributed by atoms with Gasteiger partial charge in [-0.15, -0.1) is 0 Å². The highest BCUT2D eigenvalue weighted by Crippen LogP contribution is 2.52. The zero-order chi connectivity index (χ0) is 32.3. The molecule has 0 radical (unpaired) electrons. The summed E-state index contributed by atoms with van der Waals surface area (Å²) in [5.74, 6) is 1.49. The van der Waals surface area contributed by atoms with E-state index in [1.165, 1.54) is 34.5 Å². The highest BCUT2D eigenvalue weighted by molar-refractivity contribution is 6.10. The molecule has 0 bridgehead atoms. The second-order valence-electron chi connectivity index (χ2n) is 13.4. The predicted molar refractivity (Wildman–Crippen MR) is 202 cm³/mol. The van der Waals surface area contributed by atoms with Gasteiger partial charge in [-0.25, -0.2) is 0 Å². The maximum atomic E-state index is 6.81. The van der Waals surface area contributed by atoms with Gasteiger partial charge in [-0.3, -0.25) is 0 Å². The van der Waals surface area contributed by atoms with Gasteiger partial charge in [0.2, 0.25) is 0 Å². The molecular formula is C46H35NO2. The number of allylic oxidation sites excluding steroid dienone is 6. The molecule has 0 spiro atoms. The number of anilines is 2. The van der Waals surface area contributed by atoms with Crippen molar-refractivity contribution in [3.63, 3.8) is 0 Å². The third-order valence-corrected chi connectivity index (χ3v) is 10.7. The maximum Gasteiger partial charge on any atom is 0.159 e. The zero-order valence-electron chi connectivity index (χ0n) is 27.1. The Kier molecular flexibility index (Phi) is 6.58. The average molecular weight is 634 g/mol. The molecule has 3 unspecified atom stereocenters. The van der Waals surface area contributed by atoms with Crippen LogP contribution < -0.4 is 4.90 Å². The Labute approximate surface area is 285 Å². The summed E-state index contributed by atoms with van der Waals surface area (Å²) in [6.07, 6.45) is 19.7. The van der Waals surface area contributed by atoms with Gasteiger partial charge in [0, 0.05) is 50.9 Å². The number of furan rings is 2. The van der Waals surface area contributed by atoms with Gasteiger partial charge in [0.15, 0.2) is 5.58 Å². The molecule has 236 valence electrons. The fraction of sp³-hybridized carbons (Fsp3) is 0.130. The minimum Gasteiger partial charge on any atom is -0.460 e. The normalized spacial score (nSPS) is 19.7. The van der Waals surface area contributed by atoms with Crippen molar-refractivity contribution < 1.29 is 8.83 Å². The van der Waals surface area contributed by atoms with Crippen molar-refractivity contribution in [2.75, 3.05) is 4.90 Å². The highest BCUT2D eigenvalue weighted by atomic mass is 16.3. The summed E-state index contributed by atoms with van der Waals surface area (Å²) in [5, 5.41) is 3.42. The van der Waals surface area contributed by atoms with Crippen molar-refractivity contribution >= 4 is 50.4 Å². The molecule has 0 N–H and O–H groups in total. The molecule has 0 saturated heterocycles. The third kappa shape index (κ3) is 4.49. The van der Waals surface area contributed by atoms with Crippen molar-refractivity contribution in [2.24, 2.45) is 5.92 Å². The first-order valence-electron chi connectivity index (χ1n) is 17.5. The largest absolute Gasteiger partial charge is 0.460 e. The number of rotatable bonds is 5. The van der Waals surface area contributed by atoms with E-state index in [-0.39, 0.29) is 11.8 Å². The molecule has 0 saturated carbocycles. The molecule has 7 aromatic rings. The summed E-state index contributed by atoms with van der Waals surface area (Å²) in [4.78, 5) is 2.51. The minimum absolute atomic E-state index is 0.0511. The first-order valence-corrected chi connectivity index (χ1v) is 17.5. The Hall–Kier alpha value is -5.80. The van der Waals surface area contributed by atoms with Gasteiger partial charge in [-0.1, -0.05) is 127 Å². The first-order chi connectivity index (χ1) is 24.3. The van der Waals surface area contributed by atoms with E-state index in [2.05, 4.69) is 163 Å². The smallest absolute Gasteiger partial charge is 0.159 e. The Bertz CT molecular complexity index is 2510. The van der Waals surface area contributed by atoms with Gasteiger partial charge in [-0.05, 0) is 66.3 Å². The van der Waals surface area contributed by atoms with E-state index >= 15 is 0 Å². The molecule has 0 amide bonds. The summed E-state index contributed by atoms with van der Waals surface area (Å²) in [6.45, 7) is 0. The van der Waals surface area contributed by atoms with Crippen LogP contribution in [0.5, 0.6) is 0 Å². The van der Waals surface area contributed by atoms with Crippen molar-refractivity contribution in [2.45, 2.75) is 31.1 Å². The number of fused-ring (bicyclic) bond motifs is 8. The van der Waals surface area contributed by atoms with Crippen LogP contribution in [-0.2, 0) is 0 Å². The topological polar surface area (TPSA) is 29.5 Å². The second kappa shape index (κ2) is 11.4. The van der Waals surface area contributed by atoms with Gasteiger partial charge in [0.1, 0.15) is 16.9 Å². The summed E-state index contributed by atoms with van der Waals surface area (Å²) in [5.41, 5.74) is 11.0. The van der Waals surface area contributed by atoms with Crippen LogP contribution in [0.2, 0.25) is 0 Å². The standard InChI is InChI=1S/C46H35NO2/c1-3-15-30(16-4-1)32-19-9-11-25-39(32)47(40-26-13-24-37-35-21-10-12-27-42(35)48-46(37)40)41-29-38-44-33(31-17-5-2-6-18-31)23-14-28-43(44)49-45(38)36-22-8-7-20-34(36)41/h2-3,5-15,17-30,34,36H,1,4,16H2. The molecule has 49 heavy (non-hydrogen) atoms. The van der Waals surface area contributed by atoms with Crippen LogP contribution in [0.4, 0.5) is 11.4 Å². The SMILES string of the molecule is C1=CC2C(N(c3ccccc3C3C=CCCC3)c3cccc4c3oc3ccccc34)=Cc3c(oc4cccc(-c5ccccc5)c34)C2C=C1. The Morgan fingerprint density at radius 1 is 0.612 bits per heavy atom. The van der Waals surface area contributed by atoms with Crippen LogP contribution in [0.15, 0.2) is 166 Å². The summed E-state index contributed by atoms with van der Waals surface area (Å²) in [7, 11) is 0. The highest BCUT2D eigenvalue weighted by Gasteiger charge is 2.39. The number of benzene rings is 5. The Morgan fingerprint density at radius 3 is 2.27 bits per heavy atom. The fourth-order valence-electron chi connectivity index (χ4n) is 8.43. The van der Waals surface area contributed by atoms with E-state index in [1.807, 2.05) is 0 Å². The summed E-state index contributed by atoms with van der Waals surface area (Å²) < 4.78 is 13.6. The number of hydrogen-bond acceptors (Lipinski definition) is 3. The zero-order valence-corrected chi connectivity index (χ0v) is 27.1. The van der Waals surface area contributed by atoms with Crippen LogP contribution in [0.1, 0.15) is 48.0 Å². The van der Waals surface area contributed by atoms with Gasteiger partial charge >= 0.3 is 0 Å². The van der Waals surface area contributed by atoms with Crippen LogP contribution >= 0.6 is 0 Å². The lowest BCUT2D eigenvalue weighted by atomic mass is 9.77. The summed E-state index contributed by atoms with van der Waals surface area (Å²) >= 11 is 0. The molecule has 3 aliphatic rings. The number of hydrogen-bond donors (Lipinski definition) is 0. The Morgan fingerprint density at radius 2 is 1.37 bits per heavy atom. The van der Waals surface area contributed by atoms with Crippen LogP contribution in [-0.4, -0.2) is 0 Å². The Balaban J connectivity index is 1.29. The van der Waals surface area contributed by atoms with Gasteiger partial charge in [-0.2, -0.15) is 0 Å². The number of nitrogens with zero attached hydrogens (tertiary/aromatic N) is 1. The van der Waals surface area contributed by atoms with E-state index in [0.717, 1.165) is 62.8 Å². The lowest BCUT2D eigenvalue weighted by Gasteiger charge is -2.38. The molecule has 5 aromatic carbocycles. The van der Waals surface area contributed by atoms with Gasteiger partial charge in [0.25, 0.3) is 0 Å². The van der Waals surface area contributed by atoms with E-state index in [9.17, 15) is 0 Å². The summed E-state index contributed by atoms with van der Waals surface area (Å²) in [6, 6.07) is 41.1. The molecule has 3 nitrogen and oxygen atoms in total. The van der Waals surface area contributed by atoms with Crippen LogP contribution in [0.3, 0.4) is 0 Å². The van der Waals surface area contributed by atoms with E-state index in [4.69, 9.17) is 8.83 Å².